The van der Waals surface area contributed by atoms with E-state index in [1.165, 1.54) is 64.8 Å². The molecule has 0 spiro atoms. The molecular formula is C14H27N3. The molecule has 0 aromatic rings. The van der Waals surface area contributed by atoms with Crippen LogP contribution >= 0.6 is 0 Å². The molecule has 17 heavy (non-hydrogen) atoms. The molecule has 0 amide bonds. The summed E-state index contributed by atoms with van der Waals surface area (Å²) < 4.78 is 0. The van der Waals surface area contributed by atoms with Gasteiger partial charge in [-0.3, -0.25) is 4.90 Å². The number of nitrogens with zero attached hydrogens (tertiary/aromatic N) is 2. The number of likely N-dealkylation sites (tertiary alicyclic amines) is 2. The van der Waals surface area contributed by atoms with E-state index in [4.69, 9.17) is 0 Å². The number of rotatable bonds is 1. The van der Waals surface area contributed by atoms with Crippen molar-refractivity contribution in [2.45, 2.75) is 44.2 Å². The fraction of sp³-hybridized carbons (Fsp3) is 1.00. The van der Waals surface area contributed by atoms with Crippen molar-refractivity contribution in [3.8, 4) is 0 Å². The third-order valence-electron chi connectivity index (χ3n) is 5.07. The van der Waals surface area contributed by atoms with Crippen LogP contribution in [0.15, 0.2) is 0 Å². The largest absolute Gasteiger partial charge is 0.312 e. The van der Waals surface area contributed by atoms with Gasteiger partial charge in [0, 0.05) is 25.2 Å². The molecule has 3 saturated heterocycles. The molecule has 1 unspecified atom stereocenters. The van der Waals surface area contributed by atoms with Gasteiger partial charge in [0.1, 0.15) is 0 Å². The normalized spacial score (nSPS) is 41.1. The summed E-state index contributed by atoms with van der Waals surface area (Å²) in [5, 5.41) is 3.72. The van der Waals surface area contributed by atoms with E-state index >= 15 is 0 Å². The molecule has 3 heteroatoms. The summed E-state index contributed by atoms with van der Waals surface area (Å²) in [5.41, 5.74) is 0. The zero-order valence-corrected chi connectivity index (χ0v) is 11.2. The number of hydrogen-bond donors (Lipinski definition) is 1. The van der Waals surface area contributed by atoms with Gasteiger partial charge in [0.05, 0.1) is 0 Å². The van der Waals surface area contributed by atoms with E-state index in [0.29, 0.717) is 0 Å². The molecule has 3 heterocycles. The van der Waals surface area contributed by atoms with Crippen LogP contribution in [0.25, 0.3) is 0 Å². The molecule has 0 aromatic heterocycles. The molecule has 3 aliphatic heterocycles. The minimum atomic E-state index is 0.810. The van der Waals surface area contributed by atoms with Crippen molar-refractivity contribution in [2.75, 3.05) is 39.8 Å². The van der Waals surface area contributed by atoms with Crippen LogP contribution in [-0.2, 0) is 0 Å². The van der Waals surface area contributed by atoms with Gasteiger partial charge in [0.2, 0.25) is 0 Å². The third-order valence-corrected chi connectivity index (χ3v) is 5.07. The number of nitrogens with one attached hydrogen (secondary N) is 1. The van der Waals surface area contributed by atoms with Gasteiger partial charge in [-0.05, 0) is 64.7 Å². The van der Waals surface area contributed by atoms with Crippen LogP contribution in [0.1, 0.15) is 32.1 Å². The Morgan fingerprint density at radius 1 is 1.00 bits per heavy atom. The zero-order chi connectivity index (χ0) is 11.7. The summed E-state index contributed by atoms with van der Waals surface area (Å²) in [6.45, 7) is 6.53. The summed E-state index contributed by atoms with van der Waals surface area (Å²) in [6.07, 6.45) is 7.04. The van der Waals surface area contributed by atoms with Gasteiger partial charge in [0.15, 0.2) is 0 Å². The Morgan fingerprint density at radius 2 is 1.94 bits per heavy atom. The lowest BCUT2D eigenvalue weighted by atomic mass is 9.94. The van der Waals surface area contributed by atoms with Crippen LogP contribution in [0.2, 0.25) is 0 Å². The van der Waals surface area contributed by atoms with E-state index in [9.17, 15) is 0 Å². The lowest BCUT2D eigenvalue weighted by Gasteiger charge is -2.26. The highest BCUT2D eigenvalue weighted by Crippen LogP contribution is 2.29. The highest BCUT2D eigenvalue weighted by atomic mass is 15.2. The molecule has 0 radical (unpaired) electrons. The molecule has 3 nitrogen and oxygen atoms in total. The molecule has 3 rings (SSSR count). The van der Waals surface area contributed by atoms with Gasteiger partial charge >= 0.3 is 0 Å². The molecule has 0 aromatic carbocycles. The van der Waals surface area contributed by atoms with Gasteiger partial charge in [0.25, 0.3) is 0 Å². The average Bonchev–Trinajstić information content (AvgIpc) is 2.65. The molecule has 3 aliphatic rings. The molecule has 3 atom stereocenters. The average molecular weight is 237 g/mol. The summed E-state index contributed by atoms with van der Waals surface area (Å²) in [4.78, 5) is 5.30. The fourth-order valence-corrected chi connectivity index (χ4v) is 3.97. The molecule has 98 valence electrons. The van der Waals surface area contributed by atoms with Crippen molar-refractivity contribution >= 4 is 0 Å². The predicted octanol–water partition coefficient (Wildman–Crippen LogP) is 1.15. The Labute approximate surface area is 106 Å². The lowest BCUT2D eigenvalue weighted by Crippen LogP contribution is -2.41. The summed E-state index contributed by atoms with van der Waals surface area (Å²) in [5.74, 6) is 0.949. The minimum absolute atomic E-state index is 0.810. The van der Waals surface area contributed by atoms with Gasteiger partial charge in [-0.1, -0.05) is 0 Å². The van der Waals surface area contributed by atoms with Crippen LogP contribution < -0.4 is 5.32 Å². The van der Waals surface area contributed by atoms with Crippen LogP contribution in [0, 0.1) is 5.92 Å². The SMILES string of the molecule is CN1CCCC(N2C[C@@H]3CCCN[C@@H]3C2)CC1. The Morgan fingerprint density at radius 3 is 2.82 bits per heavy atom. The summed E-state index contributed by atoms with van der Waals surface area (Å²) >= 11 is 0. The fourth-order valence-electron chi connectivity index (χ4n) is 3.97. The van der Waals surface area contributed by atoms with Crippen molar-refractivity contribution in [1.29, 1.82) is 0 Å². The Hall–Kier alpha value is -0.120. The first-order chi connectivity index (χ1) is 8.33. The van der Waals surface area contributed by atoms with E-state index in [1.54, 1.807) is 0 Å². The van der Waals surface area contributed by atoms with Gasteiger partial charge in [-0.2, -0.15) is 0 Å². The van der Waals surface area contributed by atoms with Crippen LogP contribution in [-0.4, -0.2) is 61.7 Å². The standard InChI is InChI=1S/C14H27N3/c1-16-8-3-5-13(6-9-16)17-10-12-4-2-7-15-14(12)11-17/h12-15H,2-11H2,1H3/t12-,13?,14+/m0/s1. The molecule has 1 N–H and O–H groups in total. The van der Waals surface area contributed by atoms with Crippen LogP contribution in [0.5, 0.6) is 0 Å². The van der Waals surface area contributed by atoms with E-state index in [2.05, 4.69) is 22.2 Å². The first-order valence-corrected chi connectivity index (χ1v) is 7.49. The number of piperidine rings is 1. The monoisotopic (exact) mass is 237 g/mol. The maximum Gasteiger partial charge on any atom is 0.0235 e. The summed E-state index contributed by atoms with van der Waals surface area (Å²) in [6, 6.07) is 1.68. The topological polar surface area (TPSA) is 18.5 Å². The molecule has 0 bridgehead atoms. The smallest absolute Gasteiger partial charge is 0.0235 e. The number of fused-ring (bicyclic) bond motifs is 1. The highest BCUT2D eigenvalue weighted by molar-refractivity contribution is 4.94. The van der Waals surface area contributed by atoms with E-state index in [0.717, 1.165) is 18.0 Å². The molecule has 3 fully saturated rings. The van der Waals surface area contributed by atoms with Crippen LogP contribution in [0.3, 0.4) is 0 Å². The second-order valence-electron chi connectivity index (χ2n) is 6.30. The van der Waals surface area contributed by atoms with Crippen molar-refractivity contribution in [3.63, 3.8) is 0 Å². The Balaban J connectivity index is 1.57. The maximum absolute atomic E-state index is 3.72. The molecule has 0 saturated carbocycles. The zero-order valence-electron chi connectivity index (χ0n) is 11.2. The molecule has 0 aliphatic carbocycles. The lowest BCUT2D eigenvalue weighted by molar-refractivity contribution is 0.210. The van der Waals surface area contributed by atoms with E-state index in [-0.39, 0.29) is 0 Å². The van der Waals surface area contributed by atoms with Crippen molar-refractivity contribution in [2.24, 2.45) is 5.92 Å². The predicted molar refractivity (Wildman–Crippen MR) is 71.2 cm³/mol. The van der Waals surface area contributed by atoms with E-state index in [1.807, 2.05) is 0 Å². The highest BCUT2D eigenvalue weighted by Gasteiger charge is 2.37. The van der Waals surface area contributed by atoms with Crippen molar-refractivity contribution in [3.05, 3.63) is 0 Å². The summed E-state index contributed by atoms with van der Waals surface area (Å²) in [7, 11) is 2.27. The van der Waals surface area contributed by atoms with Gasteiger partial charge in [-0.15, -0.1) is 0 Å². The first-order valence-electron chi connectivity index (χ1n) is 7.49. The van der Waals surface area contributed by atoms with Gasteiger partial charge < -0.3 is 10.2 Å². The van der Waals surface area contributed by atoms with Crippen LogP contribution in [0.4, 0.5) is 0 Å². The maximum atomic E-state index is 3.72. The Bertz CT molecular complexity index is 242. The first kappa shape index (κ1) is 11.9. The second kappa shape index (κ2) is 5.25. The third kappa shape index (κ3) is 2.67. The molecular weight excluding hydrogens is 210 g/mol. The second-order valence-corrected chi connectivity index (χ2v) is 6.30. The quantitative estimate of drug-likeness (QED) is 0.738. The van der Waals surface area contributed by atoms with Crippen molar-refractivity contribution < 1.29 is 0 Å². The van der Waals surface area contributed by atoms with Gasteiger partial charge in [-0.25, -0.2) is 0 Å². The number of hydrogen-bond acceptors (Lipinski definition) is 3. The van der Waals surface area contributed by atoms with Crippen molar-refractivity contribution in [1.82, 2.24) is 15.1 Å². The minimum Gasteiger partial charge on any atom is -0.312 e. The van der Waals surface area contributed by atoms with E-state index < -0.39 is 0 Å². The Kier molecular flexibility index (Phi) is 3.69.